The monoisotopic (exact) mass is 336 g/mol. The molecule has 0 saturated carbocycles. The molecule has 1 atom stereocenters. The molecule has 0 aliphatic carbocycles. The first-order valence-corrected chi connectivity index (χ1v) is 7.42. The van der Waals surface area contributed by atoms with E-state index in [1.807, 2.05) is 30.3 Å². The fourth-order valence-corrected chi connectivity index (χ4v) is 2.44. The summed E-state index contributed by atoms with van der Waals surface area (Å²) in [6, 6.07) is 14.7. The molecule has 0 aliphatic rings. The van der Waals surface area contributed by atoms with Crippen molar-refractivity contribution in [1.82, 2.24) is 4.90 Å². The van der Waals surface area contributed by atoms with Gasteiger partial charge in [0, 0.05) is 25.2 Å². The number of halogens is 2. The zero-order valence-electron chi connectivity index (χ0n) is 12.9. The highest BCUT2D eigenvalue weighted by molar-refractivity contribution is 5.35. The third kappa shape index (κ3) is 5.36. The molecular weight excluding hydrogens is 318 g/mol. The fraction of sp³-hybridized carbons (Fsp3) is 0.294. The lowest BCUT2D eigenvalue weighted by atomic mass is 10.1. The molecular formula is C17H18F2N2O3. The Balaban J connectivity index is 2.10. The summed E-state index contributed by atoms with van der Waals surface area (Å²) in [5, 5.41) is 21.1. The van der Waals surface area contributed by atoms with E-state index in [-0.39, 0.29) is 18.8 Å². The second-order valence-electron chi connectivity index (χ2n) is 5.44. The van der Waals surface area contributed by atoms with E-state index in [1.54, 1.807) is 6.07 Å². The van der Waals surface area contributed by atoms with Gasteiger partial charge < -0.3 is 5.11 Å². The molecule has 128 valence electrons. The highest BCUT2D eigenvalue weighted by Crippen LogP contribution is 2.21. The number of aliphatic hydroxyl groups is 1. The number of nitro groups is 1. The van der Waals surface area contributed by atoms with Crippen LogP contribution in [0.5, 0.6) is 0 Å². The van der Waals surface area contributed by atoms with E-state index >= 15 is 0 Å². The van der Waals surface area contributed by atoms with Gasteiger partial charge >= 0.3 is 0 Å². The smallest absolute Gasteiger partial charge is 0.269 e. The zero-order valence-corrected chi connectivity index (χ0v) is 12.9. The number of alkyl halides is 2. The van der Waals surface area contributed by atoms with Gasteiger partial charge in [0.25, 0.3) is 12.1 Å². The van der Waals surface area contributed by atoms with Crippen LogP contribution in [-0.2, 0) is 6.54 Å². The average Bonchev–Trinajstić information content (AvgIpc) is 2.55. The topological polar surface area (TPSA) is 66.6 Å². The molecule has 7 heteroatoms. The minimum absolute atomic E-state index is 0.0413. The van der Waals surface area contributed by atoms with Crippen molar-refractivity contribution in [3.63, 3.8) is 0 Å². The van der Waals surface area contributed by atoms with E-state index in [9.17, 15) is 24.0 Å². The van der Waals surface area contributed by atoms with Crippen molar-refractivity contribution in [3.8, 4) is 0 Å². The van der Waals surface area contributed by atoms with Crippen LogP contribution >= 0.6 is 0 Å². The van der Waals surface area contributed by atoms with Crippen LogP contribution in [0, 0.1) is 10.1 Å². The number of non-ortho nitro benzene ring substituents is 1. The lowest BCUT2D eigenvalue weighted by Crippen LogP contribution is -2.32. The molecule has 2 aromatic carbocycles. The predicted molar refractivity (Wildman–Crippen MR) is 85.8 cm³/mol. The molecule has 0 amide bonds. The van der Waals surface area contributed by atoms with Gasteiger partial charge in [0.1, 0.15) is 0 Å². The molecule has 1 N–H and O–H groups in total. The van der Waals surface area contributed by atoms with Crippen molar-refractivity contribution in [2.24, 2.45) is 0 Å². The molecule has 2 rings (SSSR count). The first-order valence-electron chi connectivity index (χ1n) is 7.42. The van der Waals surface area contributed by atoms with Crippen LogP contribution in [0.3, 0.4) is 0 Å². The van der Waals surface area contributed by atoms with Crippen LogP contribution in [0.25, 0.3) is 0 Å². The Kier molecular flexibility index (Phi) is 6.34. The number of rotatable bonds is 8. The molecule has 24 heavy (non-hydrogen) atoms. The number of nitro benzene ring substituents is 1. The Hall–Kier alpha value is -2.38. The SMILES string of the molecule is O=[N+]([O-])c1cccc(C(O)CN(Cc2ccccc2)CC(F)F)c1. The Labute approximate surface area is 138 Å². The van der Waals surface area contributed by atoms with Crippen LogP contribution < -0.4 is 0 Å². The minimum Gasteiger partial charge on any atom is -0.387 e. The second kappa shape index (κ2) is 8.47. The summed E-state index contributed by atoms with van der Waals surface area (Å²) >= 11 is 0. The molecule has 0 saturated heterocycles. The van der Waals surface area contributed by atoms with Crippen molar-refractivity contribution in [1.29, 1.82) is 0 Å². The predicted octanol–water partition coefficient (Wildman–Crippen LogP) is 3.40. The molecule has 0 radical (unpaired) electrons. The molecule has 0 bridgehead atoms. The maximum absolute atomic E-state index is 12.8. The summed E-state index contributed by atoms with van der Waals surface area (Å²) < 4.78 is 25.6. The summed E-state index contributed by atoms with van der Waals surface area (Å²) in [6.45, 7) is -0.265. The Bertz CT molecular complexity index is 668. The van der Waals surface area contributed by atoms with E-state index in [4.69, 9.17) is 0 Å². The van der Waals surface area contributed by atoms with Crippen molar-refractivity contribution < 1.29 is 18.8 Å². The van der Waals surface area contributed by atoms with Crippen LogP contribution in [-0.4, -0.2) is 34.4 Å². The lowest BCUT2D eigenvalue weighted by molar-refractivity contribution is -0.385. The van der Waals surface area contributed by atoms with Crippen molar-refractivity contribution in [3.05, 3.63) is 75.8 Å². The van der Waals surface area contributed by atoms with Crippen LogP contribution in [0.15, 0.2) is 54.6 Å². The van der Waals surface area contributed by atoms with Gasteiger partial charge in [-0.3, -0.25) is 15.0 Å². The maximum atomic E-state index is 12.8. The highest BCUT2D eigenvalue weighted by atomic mass is 19.3. The number of benzene rings is 2. The van der Waals surface area contributed by atoms with Gasteiger partial charge in [0.05, 0.1) is 17.6 Å². The van der Waals surface area contributed by atoms with Gasteiger partial charge in [0.2, 0.25) is 0 Å². The summed E-state index contributed by atoms with van der Waals surface area (Å²) in [5.41, 5.74) is 1.04. The Morgan fingerprint density at radius 1 is 1.08 bits per heavy atom. The quantitative estimate of drug-likeness (QED) is 0.593. The number of nitrogens with zero attached hydrogens (tertiary/aromatic N) is 2. The summed E-state index contributed by atoms with van der Waals surface area (Å²) in [7, 11) is 0. The summed E-state index contributed by atoms with van der Waals surface area (Å²) in [6.07, 6.45) is -3.63. The number of hydrogen-bond donors (Lipinski definition) is 1. The van der Waals surface area contributed by atoms with Gasteiger partial charge in [-0.05, 0) is 11.1 Å². The largest absolute Gasteiger partial charge is 0.387 e. The normalized spacial score (nSPS) is 12.5. The third-order valence-corrected chi connectivity index (χ3v) is 3.54. The van der Waals surface area contributed by atoms with E-state index in [1.165, 1.54) is 23.1 Å². The Morgan fingerprint density at radius 3 is 2.42 bits per heavy atom. The molecule has 0 fully saturated rings. The highest BCUT2D eigenvalue weighted by Gasteiger charge is 2.19. The van der Waals surface area contributed by atoms with Gasteiger partial charge in [0.15, 0.2) is 0 Å². The van der Waals surface area contributed by atoms with Crippen LogP contribution in [0.4, 0.5) is 14.5 Å². The minimum atomic E-state index is -2.54. The molecule has 0 heterocycles. The molecule has 0 aliphatic heterocycles. The average molecular weight is 336 g/mol. The molecule has 0 aromatic heterocycles. The van der Waals surface area contributed by atoms with Crippen LogP contribution in [0.2, 0.25) is 0 Å². The molecule has 1 unspecified atom stereocenters. The van der Waals surface area contributed by atoms with Crippen LogP contribution in [0.1, 0.15) is 17.2 Å². The van der Waals surface area contributed by atoms with Gasteiger partial charge in [-0.15, -0.1) is 0 Å². The van der Waals surface area contributed by atoms with Crippen molar-refractivity contribution in [2.75, 3.05) is 13.1 Å². The number of hydrogen-bond acceptors (Lipinski definition) is 4. The van der Waals surface area contributed by atoms with E-state index < -0.39 is 24.0 Å². The van der Waals surface area contributed by atoms with Crippen molar-refractivity contribution >= 4 is 5.69 Å². The maximum Gasteiger partial charge on any atom is 0.269 e. The standard InChI is InChI=1S/C17H18F2N2O3/c18-17(19)12-20(10-13-5-2-1-3-6-13)11-16(22)14-7-4-8-15(9-14)21(23)24/h1-9,16-17,22H,10-12H2. The second-order valence-corrected chi connectivity index (χ2v) is 5.44. The lowest BCUT2D eigenvalue weighted by Gasteiger charge is -2.25. The Morgan fingerprint density at radius 2 is 1.79 bits per heavy atom. The third-order valence-electron chi connectivity index (χ3n) is 3.54. The fourth-order valence-electron chi connectivity index (χ4n) is 2.44. The molecule has 0 spiro atoms. The molecule has 2 aromatic rings. The zero-order chi connectivity index (χ0) is 17.5. The van der Waals surface area contributed by atoms with Gasteiger partial charge in [-0.1, -0.05) is 42.5 Å². The van der Waals surface area contributed by atoms with E-state index in [0.29, 0.717) is 5.56 Å². The first kappa shape index (κ1) is 18.0. The van der Waals surface area contributed by atoms with Gasteiger partial charge in [-0.25, -0.2) is 8.78 Å². The summed E-state index contributed by atoms with van der Waals surface area (Å²) in [5.74, 6) is 0. The van der Waals surface area contributed by atoms with Crippen molar-refractivity contribution in [2.45, 2.75) is 19.1 Å². The van der Waals surface area contributed by atoms with Gasteiger partial charge in [-0.2, -0.15) is 0 Å². The van der Waals surface area contributed by atoms with E-state index in [0.717, 1.165) is 5.56 Å². The summed E-state index contributed by atoms with van der Waals surface area (Å²) in [4.78, 5) is 11.7. The first-order chi connectivity index (χ1) is 11.5. The number of aliphatic hydroxyl groups excluding tert-OH is 1. The van der Waals surface area contributed by atoms with E-state index in [2.05, 4.69) is 0 Å². The molecule has 5 nitrogen and oxygen atoms in total.